The predicted molar refractivity (Wildman–Crippen MR) is 108 cm³/mol. The lowest BCUT2D eigenvalue weighted by atomic mass is 10.1. The van der Waals surface area contributed by atoms with Gasteiger partial charge in [0.1, 0.15) is 0 Å². The maximum absolute atomic E-state index is 12.4. The number of halogens is 1. The molecular weight excluding hydrogens is 346 g/mol. The van der Waals surface area contributed by atoms with E-state index in [1.54, 1.807) is 0 Å². The monoisotopic (exact) mass is 371 g/mol. The van der Waals surface area contributed by atoms with Gasteiger partial charge in [-0.05, 0) is 37.1 Å². The van der Waals surface area contributed by atoms with Gasteiger partial charge in [-0.3, -0.25) is 9.69 Å². The number of carbonyl (C=O) groups excluding carboxylic acids is 1. The van der Waals surface area contributed by atoms with E-state index in [4.69, 9.17) is 11.6 Å². The lowest BCUT2D eigenvalue weighted by Crippen LogP contribution is -2.49. The number of carbonyl (C=O) groups is 1. The zero-order valence-electron chi connectivity index (χ0n) is 15.4. The standard InChI is InChI=1S/C21H26ClN3O/c1-16-8-9-19(22)14-20(16)25-12-10-24(11-13-25)15-21(26)23-17(2)18-6-4-3-5-7-18/h3-9,14,17H,10-13,15H2,1-2H3,(H,23,26)/t17-/m1/s1. The minimum absolute atomic E-state index is 0.0269. The largest absolute Gasteiger partial charge is 0.369 e. The van der Waals surface area contributed by atoms with Crippen LogP contribution in [0.3, 0.4) is 0 Å². The van der Waals surface area contributed by atoms with Crippen LogP contribution in [-0.2, 0) is 4.79 Å². The highest BCUT2D eigenvalue weighted by atomic mass is 35.5. The van der Waals surface area contributed by atoms with Gasteiger partial charge in [-0.25, -0.2) is 0 Å². The lowest BCUT2D eigenvalue weighted by Gasteiger charge is -2.36. The molecule has 0 aliphatic carbocycles. The Kier molecular flexibility index (Phi) is 6.17. The smallest absolute Gasteiger partial charge is 0.234 e. The van der Waals surface area contributed by atoms with E-state index in [-0.39, 0.29) is 11.9 Å². The molecule has 1 aliphatic heterocycles. The Bertz CT molecular complexity index is 742. The van der Waals surface area contributed by atoms with Crippen LogP contribution in [0.5, 0.6) is 0 Å². The minimum Gasteiger partial charge on any atom is -0.369 e. The van der Waals surface area contributed by atoms with Crippen molar-refractivity contribution in [2.45, 2.75) is 19.9 Å². The first-order chi connectivity index (χ1) is 12.5. The van der Waals surface area contributed by atoms with E-state index in [0.29, 0.717) is 6.54 Å². The maximum Gasteiger partial charge on any atom is 0.234 e. The number of nitrogens with zero attached hydrogens (tertiary/aromatic N) is 2. The summed E-state index contributed by atoms with van der Waals surface area (Å²) in [6.07, 6.45) is 0. The van der Waals surface area contributed by atoms with Crippen LogP contribution in [-0.4, -0.2) is 43.5 Å². The van der Waals surface area contributed by atoms with Crippen molar-refractivity contribution in [2.24, 2.45) is 0 Å². The fourth-order valence-corrected chi connectivity index (χ4v) is 3.55. The van der Waals surface area contributed by atoms with Crippen molar-refractivity contribution in [1.82, 2.24) is 10.2 Å². The molecule has 0 unspecified atom stereocenters. The van der Waals surface area contributed by atoms with Crippen molar-refractivity contribution in [2.75, 3.05) is 37.6 Å². The molecule has 0 bridgehead atoms. The van der Waals surface area contributed by atoms with Crippen LogP contribution < -0.4 is 10.2 Å². The quantitative estimate of drug-likeness (QED) is 0.871. The summed E-state index contributed by atoms with van der Waals surface area (Å²) in [7, 11) is 0. The Morgan fingerprint density at radius 2 is 1.81 bits per heavy atom. The molecule has 0 aromatic heterocycles. The summed E-state index contributed by atoms with van der Waals surface area (Å²) in [5, 5.41) is 3.86. The summed E-state index contributed by atoms with van der Waals surface area (Å²) in [5.74, 6) is 0.0775. The minimum atomic E-state index is 0.0269. The number of hydrogen-bond acceptors (Lipinski definition) is 3. The van der Waals surface area contributed by atoms with E-state index in [0.717, 1.165) is 36.8 Å². The van der Waals surface area contributed by atoms with Crippen molar-refractivity contribution in [3.8, 4) is 0 Å². The second-order valence-corrected chi connectivity index (χ2v) is 7.33. The van der Waals surface area contributed by atoms with Crippen molar-refractivity contribution in [3.63, 3.8) is 0 Å². The Balaban J connectivity index is 1.49. The molecule has 0 radical (unpaired) electrons. The van der Waals surface area contributed by atoms with E-state index in [9.17, 15) is 4.79 Å². The number of nitrogens with one attached hydrogen (secondary N) is 1. The van der Waals surface area contributed by atoms with Gasteiger partial charge in [-0.2, -0.15) is 0 Å². The molecule has 1 atom stereocenters. The molecule has 1 saturated heterocycles. The van der Waals surface area contributed by atoms with Crippen molar-refractivity contribution in [1.29, 1.82) is 0 Å². The molecule has 1 aliphatic rings. The molecule has 0 spiro atoms. The molecule has 1 heterocycles. The van der Waals surface area contributed by atoms with Crippen LogP contribution in [0.1, 0.15) is 24.1 Å². The molecule has 0 saturated carbocycles. The fourth-order valence-electron chi connectivity index (χ4n) is 3.39. The first-order valence-electron chi connectivity index (χ1n) is 9.10. The zero-order valence-corrected chi connectivity index (χ0v) is 16.2. The van der Waals surface area contributed by atoms with Crippen molar-refractivity contribution in [3.05, 3.63) is 64.7 Å². The van der Waals surface area contributed by atoms with Gasteiger partial charge in [0.2, 0.25) is 5.91 Å². The van der Waals surface area contributed by atoms with Gasteiger partial charge in [0, 0.05) is 36.9 Å². The highest BCUT2D eigenvalue weighted by Crippen LogP contribution is 2.25. The number of hydrogen-bond donors (Lipinski definition) is 1. The Labute approximate surface area is 160 Å². The van der Waals surface area contributed by atoms with E-state index < -0.39 is 0 Å². The SMILES string of the molecule is Cc1ccc(Cl)cc1N1CCN(CC(=O)N[C@H](C)c2ccccc2)CC1. The van der Waals surface area contributed by atoms with Crippen LogP contribution >= 0.6 is 11.6 Å². The molecule has 1 amide bonds. The third kappa shape index (κ3) is 4.77. The summed E-state index contributed by atoms with van der Waals surface area (Å²) >= 11 is 6.14. The number of rotatable bonds is 5. The first-order valence-corrected chi connectivity index (χ1v) is 9.48. The molecule has 1 fully saturated rings. The molecule has 2 aromatic carbocycles. The maximum atomic E-state index is 12.4. The van der Waals surface area contributed by atoms with E-state index in [1.165, 1.54) is 11.3 Å². The van der Waals surface area contributed by atoms with Crippen LogP contribution in [0, 0.1) is 6.92 Å². The molecular formula is C21H26ClN3O. The Hall–Kier alpha value is -2.04. The second kappa shape index (κ2) is 8.56. The van der Waals surface area contributed by atoms with Crippen LogP contribution in [0.2, 0.25) is 5.02 Å². The molecule has 3 rings (SSSR count). The zero-order chi connectivity index (χ0) is 18.5. The summed E-state index contributed by atoms with van der Waals surface area (Å²) in [5.41, 5.74) is 3.55. The summed E-state index contributed by atoms with van der Waals surface area (Å²) in [4.78, 5) is 16.9. The van der Waals surface area contributed by atoms with Crippen LogP contribution in [0.25, 0.3) is 0 Å². The predicted octanol–water partition coefficient (Wildman–Crippen LogP) is 3.65. The number of aryl methyl sites for hydroxylation is 1. The Morgan fingerprint density at radius 1 is 1.12 bits per heavy atom. The van der Waals surface area contributed by atoms with Crippen molar-refractivity contribution < 1.29 is 4.79 Å². The molecule has 26 heavy (non-hydrogen) atoms. The van der Waals surface area contributed by atoms with E-state index in [1.807, 2.05) is 49.4 Å². The number of anilines is 1. The topological polar surface area (TPSA) is 35.6 Å². The first kappa shape index (κ1) is 18.7. The third-order valence-corrected chi connectivity index (χ3v) is 5.16. The van der Waals surface area contributed by atoms with Gasteiger partial charge in [-0.1, -0.05) is 48.0 Å². The highest BCUT2D eigenvalue weighted by Gasteiger charge is 2.21. The molecule has 4 nitrogen and oxygen atoms in total. The van der Waals surface area contributed by atoms with Crippen LogP contribution in [0.15, 0.2) is 48.5 Å². The van der Waals surface area contributed by atoms with Crippen molar-refractivity contribution >= 4 is 23.2 Å². The van der Waals surface area contributed by atoms with Gasteiger partial charge >= 0.3 is 0 Å². The summed E-state index contributed by atoms with van der Waals surface area (Å²) in [6.45, 7) is 8.13. The fraction of sp³-hybridized carbons (Fsp3) is 0.381. The van der Waals surface area contributed by atoms with Gasteiger partial charge in [0.25, 0.3) is 0 Å². The van der Waals surface area contributed by atoms with Gasteiger partial charge in [-0.15, -0.1) is 0 Å². The van der Waals surface area contributed by atoms with E-state index >= 15 is 0 Å². The molecule has 1 N–H and O–H groups in total. The lowest BCUT2D eigenvalue weighted by molar-refractivity contribution is -0.123. The average molecular weight is 372 g/mol. The van der Waals surface area contributed by atoms with Gasteiger partial charge in [0.05, 0.1) is 12.6 Å². The van der Waals surface area contributed by atoms with Gasteiger partial charge in [0.15, 0.2) is 0 Å². The normalized spacial score (nSPS) is 16.3. The number of benzene rings is 2. The van der Waals surface area contributed by atoms with Gasteiger partial charge < -0.3 is 10.2 Å². The Morgan fingerprint density at radius 3 is 2.50 bits per heavy atom. The molecule has 138 valence electrons. The van der Waals surface area contributed by atoms with E-state index in [2.05, 4.69) is 28.1 Å². The second-order valence-electron chi connectivity index (χ2n) is 6.89. The number of amides is 1. The average Bonchev–Trinajstić information content (AvgIpc) is 2.65. The molecule has 5 heteroatoms. The molecule has 2 aromatic rings. The summed E-state index contributed by atoms with van der Waals surface area (Å²) in [6, 6.07) is 16.1. The third-order valence-electron chi connectivity index (χ3n) is 4.93. The number of piperazine rings is 1. The van der Waals surface area contributed by atoms with Crippen LogP contribution in [0.4, 0.5) is 5.69 Å². The summed E-state index contributed by atoms with van der Waals surface area (Å²) < 4.78 is 0. The highest BCUT2D eigenvalue weighted by molar-refractivity contribution is 6.30.